The van der Waals surface area contributed by atoms with Crippen LogP contribution in [0.3, 0.4) is 0 Å². The number of halogens is 1. The summed E-state index contributed by atoms with van der Waals surface area (Å²) in [6.07, 6.45) is 3.61. The Kier molecular flexibility index (Phi) is 2.92. The Bertz CT molecular complexity index is 453. The minimum absolute atomic E-state index is 0.414. The van der Waals surface area contributed by atoms with Crippen LogP contribution in [-0.2, 0) is 6.00 Å². The van der Waals surface area contributed by atoms with Gasteiger partial charge in [0.05, 0.1) is 25.1 Å². The number of rotatable bonds is 3. The van der Waals surface area contributed by atoms with Crippen LogP contribution in [-0.4, -0.2) is 16.7 Å². The Balaban J connectivity index is 2.35. The molecule has 15 heavy (non-hydrogen) atoms. The molecule has 0 saturated heterocycles. The molecule has 78 valence electrons. The summed E-state index contributed by atoms with van der Waals surface area (Å²) in [6, 6.07) is 8.19. The van der Waals surface area contributed by atoms with Crippen LogP contribution in [0.2, 0.25) is 0 Å². The molecule has 0 aliphatic carbocycles. The highest BCUT2D eigenvalue weighted by Gasteiger charge is 2.02. The van der Waals surface area contributed by atoms with Crippen molar-refractivity contribution in [1.29, 1.82) is 0 Å². The van der Waals surface area contributed by atoms with Crippen LogP contribution in [0.1, 0.15) is 0 Å². The van der Waals surface area contributed by atoms with Crippen molar-refractivity contribution in [3.63, 3.8) is 0 Å². The topological polar surface area (TPSA) is 27.1 Å². The van der Waals surface area contributed by atoms with Gasteiger partial charge in [0, 0.05) is 11.8 Å². The number of hydrogen-bond donors (Lipinski definition) is 0. The van der Waals surface area contributed by atoms with Crippen LogP contribution in [0.5, 0.6) is 5.75 Å². The van der Waals surface area contributed by atoms with Crippen molar-refractivity contribution in [3.8, 4) is 17.0 Å². The van der Waals surface area contributed by atoms with Crippen molar-refractivity contribution in [1.82, 2.24) is 9.55 Å². The average Bonchev–Trinajstić information content (AvgIpc) is 2.78. The van der Waals surface area contributed by atoms with Gasteiger partial charge in [-0.3, -0.25) is 0 Å². The van der Waals surface area contributed by atoms with Crippen LogP contribution < -0.4 is 4.74 Å². The van der Waals surface area contributed by atoms with E-state index >= 15 is 0 Å². The maximum absolute atomic E-state index is 5.68. The second kappa shape index (κ2) is 4.36. The van der Waals surface area contributed by atoms with Crippen LogP contribution in [0.15, 0.2) is 36.8 Å². The lowest BCUT2D eigenvalue weighted by Crippen LogP contribution is -1.85. The molecule has 0 radical (unpaired) electrons. The third kappa shape index (κ3) is 2.13. The minimum Gasteiger partial charge on any atom is -0.497 e. The van der Waals surface area contributed by atoms with E-state index in [1.165, 1.54) is 0 Å². The molecule has 2 aromatic rings. The summed E-state index contributed by atoms with van der Waals surface area (Å²) >= 11 is 5.68. The Hall–Kier alpha value is -1.48. The minimum atomic E-state index is 0.414. The van der Waals surface area contributed by atoms with E-state index in [0.717, 1.165) is 17.0 Å². The van der Waals surface area contributed by atoms with E-state index in [9.17, 15) is 0 Å². The maximum atomic E-state index is 5.68. The molecule has 0 amide bonds. The van der Waals surface area contributed by atoms with Crippen LogP contribution in [0, 0.1) is 0 Å². The van der Waals surface area contributed by atoms with Gasteiger partial charge in [0.15, 0.2) is 0 Å². The molecule has 1 heterocycles. The Labute approximate surface area is 93.3 Å². The average molecular weight is 223 g/mol. The van der Waals surface area contributed by atoms with Crippen LogP contribution >= 0.6 is 11.6 Å². The van der Waals surface area contributed by atoms with Gasteiger partial charge in [-0.1, -0.05) is 12.1 Å². The molecule has 1 aromatic heterocycles. The fraction of sp³-hybridized carbons (Fsp3) is 0.182. The summed E-state index contributed by atoms with van der Waals surface area (Å²) in [4.78, 5) is 4.26. The van der Waals surface area contributed by atoms with Crippen molar-refractivity contribution < 1.29 is 4.74 Å². The van der Waals surface area contributed by atoms with E-state index < -0.39 is 0 Å². The highest BCUT2D eigenvalue weighted by molar-refractivity contribution is 6.15. The van der Waals surface area contributed by atoms with Gasteiger partial charge in [0.25, 0.3) is 0 Å². The first-order valence-electron chi connectivity index (χ1n) is 4.55. The highest BCUT2D eigenvalue weighted by atomic mass is 35.5. The number of imidazole rings is 1. The van der Waals surface area contributed by atoms with Gasteiger partial charge in [-0.05, 0) is 12.1 Å². The largest absolute Gasteiger partial charge is 0.497 e. The first-order valence-corrected chi connectivity index (χ1v) is 5.09. The Morgan fingerprint density at radius 3 is 3.00 bits per heavy atom. The van der Waals surface area contributed by atoms with E-state index in [4.69, 9.17) is 16.3 Å². The number of ether oxygens (including phenoxy) is 1. The molecule has 0 aliphatic rings. The second-order valence-electron chi connectivity index (χ2n) is 3.12. The first kappa shape index (κ1) is 10.1. The molecule has 0 N–H and O–H groups in total. The Morgan fingerprint density at radius 1 is 1.47 bits per heavy atom. The molecule has 0 saturated carbocycles. The van der Waals surface area contributed by atoms with E-state index in [1.54, 1.807) is 13.4 Å². The molecular weight excluding hydrogens is 212 g/mol. The predicted molar refractivity (Wildman–Crippen MR) is 60.1 cm³/mol. The summed E-state index contributed by atoms with van der Waals surface area (Å²) in [6.45, 7) is 0. The van der Waals surface area contributed by atoms with Gasteiger partial charge in [-0.25, -0.2) is 4.98 Å². The lowest BCUT2D eigenvalue weighted by atomic mass is 10.1. The van der Waals surface area contributed by atoms with Gasteiger partial charge in [-0.2, -0.15) is 0 Å². The molecule has 0 aliphatic heterocycles. The van der Waals surface area contributed by atoms with E-state index in [2.05, 4.69) is 4.98 Å². The summed E-state index contributed by atoms with van der Waals surface area (Å²) in [5, 5.41) is 0. The van der Waals surface area contributed by atoms with Crippen molar-refractivity contribution >= 4 is 11.6 Å². The predicted octanol–water partition coefficient (Wildman–Crippen LogP) is 2.76. The zero-order chi connectivity index (χ0) is 10.7. The summed E-state index contributed by atoms with van der Waals surface area (Å²) in [5.41, 5.74) is 1.92. The van der Waals surface area contributed by atoms with E-state index in [-0.39, 0.29) is 0 Å². The number of methoxy groups -OCH3 is 1. The molecule has 0 atom stereocenters. The quantitative estimate of drug-likeness (QED) is 0.747. The van der Waals surface area contributed by atoms with Gasteiger partial charge in [0.1, 0.15) is 5.75 Å². The molecule has 1 aromatic carbocycles. The number of alkyl halides is 1. The summed E-state index contributed by atoms with van der Waals surface area (Å²) in [7, 11) is 1.65. The second-order valence-corrected chi connectivity index (χ2v) is 3.36. The molecule has 3 nitrogen and oxygen atoms in total. The van der Waals surface area contributed by atoms with Crippen LogP contribution in [0.4, 0.5) is 0 Å². The van der Waals surface area contributed by atoms with Crippen molar-refractivity contribution in [2.45, 2.75) is 6.00 Å². The maximum Gasteiger partial charge on any atom is 0.119 e. The molecule has 2 rings (SSSR count). The monoisotopic (exact) mass is 222 g/mol. The summed E-state index contributed by atoms with van der Waals surface area (Å²) in [5.74, 6) is 0.827. The molecule has 0 spiro atoms. The van der Waals surface area contributed by atoms with Gasteiger partial charge in [-0.15, -0.1) is 11.6 Å². The third-order valence-corrected chi connectivity index (χ3v) is 2.41. The van der Waals surface area contributed by atoms with E-state index in [1.807, 2.05) is 35.0 Å². The number of benzene rings is 1. The fourth-order valence-corrected chi connectivity index (χ4v) is 1.49. The fourth-order valence-electron chi connectivity index (χ4n) is 1.36. The number of nitrogens with zero attached hydrogens (tertiary/aromatic N) is 2. The zero-order valence-electron chi connectivity index (χ0n) is 8.35. The first-order chi connectivity index (χ1) is 7.33. The molecule has 4 heteroatoms. The SMILES string of the molecule is COc1cccc(-c2cn(CCl)cn2)c1. The molecule has 0 fully saturated rings. The van der Waals surface area contributed by atoms with Crippen molar-refractivity contribution in [2.24, 2.45) is 0 Å². The smallest absolute Gasteiger partial charge is 0.119 e. The standard InChI is InChI=1S/C11H11ClN2O/c1-15-10-4-2-3-9(5-10)11-6-14(7-12)8-13-11/h2-6,8H,7H2,1H3. The molecule has 0 unspecified atom stereocenters. The van der Waals surface area contributed by atoms with Gasteiger partial charge in [0.2, 0.25) is 0 Å². The van der Waals surface area contributed by atoms with Crippen molar-refractivity contribution in [2.75, 3.05) is 7.11 Å². The van der Waals surface area contributed by atoms with Crippen LogP contribution in [0.25, 0.3) is 11.3 Å². The normalized spacial score (nSPS) is 10.3. The van der Waals surface area contributed by atoms with Crippen molar-refractivity contribution in [3.05, 3.63) is 36.8 Å². The number of hydrogen-bond acceptors (Lipinski definition) is 2. The van der Waals surface area contributed by atoms with E-state index in [0.29, 0.717) is 6.00 Å². The zero-order valence-corrected chi connectivity index (χ0v) is 9.11. The molecular formula is C11H11ClN2O. The third-order valence-electron chi connectivity index (χ3n) is 2.14. The lowest BCUT2D eigenvalue weighted by Gasteiger charge is -2.01. The van der Waals surface area contributed by atoms with Gasteiger partial charge < -0.3 is 9.30 Å². The lowest BCUT2D eigenvalue weighted by molar-refractivity contribution is 0.415. The summed E-state index contributed by atoms with van der Waals surface area (Å²) < 4.78 is 6.96. The highest BCUT2D eigenvalue weighted by Crippen LogP contribution is 2.21. The number of aromatic nitrogens is 2. The van der Waals surface area contributed by atoms with Gasteiger partial charge >= 0.3 is 0 Å². The Morgan fingerprint density at radius 2 is 2.33 bits per heavy atom. The molecule has 0 bridgehead atoms.